The van der Waals surface area contributed by atoms with Crippen molar-refractivity contribution in [2.75, 3.05) is 5.43 Å². The molecule has 0 unspecified atom stereocenters. The maximum Gasteiger partial charge on any atom is 0.417 e. The summed E-state index contributed by atoms with van der Waals surface area (Å²) in [5.74, 6) is 0.240. The van der Waals surface area contributed by atoms with E-state index in [1.807, 2.05) is 24.3 Å². The molecule has 0 bridgehead atoms. The fourth-order valence-corrected chi connectivity index (χ4v) is 1.80. The van der Waals surface area contributed by atoms with Crippen molar-refractivity contribution in [3.63, 3.8) is 0 Å². The minimum absolute atomic E-state index is 0.240. The van der Waals surface area contributed by atoms with Gasteiger partial charge in [0.15, 0.2) is 0 Å². The maximum absolute atomic E-state index is 12.3. The molecule has 0 spiro atoms. The Hall–Kier alpha value is -1.89. The van der Waals surface area contributed by atoms with Gasteiger partial charge in [-0.15, -0.1) is 0 Å². The first kappa shape index (κ1) is 14.5. The Kier molecular flexibility index (Phi) is 4.39. The molecule has 104 valence electrons. The van der Waals surface area contributed by atoms with Gasteiger partial charge in [0.25, 0.3) is 0 Å². The van der Waals surface area contributed by atoms with E-state index in [2.05, 4.69) is 31.4 Å². The van der Waals surface area contributed by atoms with Crippen LogP contribution >= 0.6 is 15.9 Å². The molecule has 1 N–H and O–H groups in total. The topological polar surface area (TPSA) is 37.3 Å². The first-order valence-electron chi connectivity index (χ1n) is 5.53. The third kappa shape index (κ3) is 4.06. The van der Waals surface area contributed by atoms with Crippen molar-refractivity contribution < 1.29 is 13.2 Å². The van der Waals surface area contributed by atoms with Crippen LogP contribution in [0.4, 0.5) is 19.0 Å². The van der Waals surface area contributed by atoms with Crippen LogP contribution in [0.2, 0.25) is 0 Å². The molecule has 2 aromatic rings. The summed E-state index contributed by atoms with van der Waals surface area (Å²) >= 11 is 3.32. The first-order valence-corrected chi connectivity index (χ1v) is 6.32. The molecule has 0 atom stereocenters. The molecule has 1 heterocycles. The lowest BCUT2D eigenvalue weighted by atomic mass is 10.2. The molecule has 0 amide bonds. The Labute approximate surface area is 121 Å². The fraction of sp³-hybridized carbons (Fsp3) is 0.0769. The molecular weight excluding hydrogens is 335 g/mol. The Morgan fingerprint density at radius 3 is 2.60 bits per heavy atom. The van der Waals surface area contributed by atoms with Crippen LogP contribution in [-0.2, 0) is 6.18 Å². The van der Waals surface area contributed by atoms with Crippen molar-refractivity contribution in [2.45, 2.75) is 6.18 Å². The van der Waals surface area contributed by atoms with Gasteiger partial charge in [-0.2, -0.15) is 18.3 Å². The number of anilines is 1. The van der Waals surface area contributed by atoms with Crippen LogP contribution in [0.5, 0.6) is 0 Å². The molecule has 1 aromatic carbocycles. The summed E-state index contributed by atoms with van der Waals surface area (Å²) in [5, 5.41) is 3.91. The summed E-state index contributed by atoms with van der Waals surface area (Å²) in [6, 6.07) is 9.59. The Morgan fingerprint density at radius 2 is 2.00 bits per heavy atom. The molecule has 0 aliphatic rings. The highest BCUT2D eigenvalue weighted by atomic mass is 79.9. The minimum atomic E-state index is -4.38. The highest BCUT2D eigenvalue weighted by Crippen LogP contribution is 2.28. The molecule has 0 fully saturated rings. The number of nitrogens with one attached hydrogen (secondary N) is 1. The van der Waals surface area contributed by atoms with Crippen molar-refractivity contribution in [1.82, 2.24) is 4.98 Å². The number of pyridine rings is 1. The first-order chi connectivity index (χ1) is 9.45. The van der Waals surface area contributed by atoms with Gasteiger partial charge in [-0.3, -0.25) is 5.43 Å². The molecular formula is C13H9BrF3N3. The zero-order valence-corrected chi connectivity index (χ0v) is 11.6. The van der Waals surface area contributed by atoms with Crippen molar-refractivity contribution >= 4 is 28.0 Å². The summed E-state index contributed by atoms with van der Waals surface area (Å²) in [6.07, 6.45) is -2.08. The molecule has 2 rings (SSSR count). The predicted octanol–water partition coefficient (Wildman–Crippen LogP) is 4.31. The van der Waals surface area contributed by atoms with Crippen LogP contribution in [-0.4, -0.2) is 11.2 Å². The summed E-state index contributed by atoms with van der Waals surface area (Å²) in [6.45, 7) is 0. The van der Waals surface area contributed by atoms with Gasteiger partial charge in [-0.05, 0) is 29.8 Å². The lowest BCUT2D eigenvalue weighted by Gasteiger charge is -2.06. The average molecular weight is 344 g/mol. The molecule has 7 heteroatoms. The van der Waals surface area contributed by atoms with E-state index in [9.17, 15) is 13.2 Å². The van der Waals surface area contributed by atoms with E-state index in [4.69, 9.17) is 0 Å². The van der Waals surface area contributed by atoms with Crippen LogP contribution in [0, 0.1) is 0 Å². The largest absolute Gasteiger partial charge is 0.417 e. The number of hydrazone groups is 1. The van der Waals surface area contributed by atoms with Crippen LogP contribution in [0.3, 0.4) is 0 Å². The van der Waals surface area contributed by atoms with Gasteiger partial charge in [0.1, 0.15) is 5.82 Å². The van der Waals surface area contributed by atoms with Crippen molar-refractivity contribution in [2.24, 2.45) is 5.10 Å². The number of aromatic nitrogens is 1. The van der Waals surface area contributed by atoms with Gasteiger partial charge in [-0.1, -0.05) is 28.1 Å². The lowest BCUT2D eigenvalue weighted by molar-refractivity contribution is -0.137. The highest BCUT2D eigenvalue weighted by molar-refractivity contribution is 9.10. The summed E-state index contributed by atoms with van der Waals surface area (Å²) in [4.78, 5) is 3.64. The summed E-state index contributed by atoms with van der Waals surface area (Å²) in [5.41, 5.74) is 2.62. The molecule has 0 aliphatic heterocycles. The average Bonchev–Trinajstić information content (AvgIpc) is 2.38. The van der Waals surface area contributed by atoms with Crippen LogP contribution in [0.25, 0.3) is 0 Å². The predicted molar refractivity (Wildman–Crippen MR) is 74.6 cm³/mol. The van der Waals surface area contributed by atoms with Gasteiger partial charge in [0.2, 0.25) is 0 Å². The minimum Gasteiger partial charge on any atom is -0.261 e. The second-order valence-electron chi connectivity index (χ2n) is 3.85. The number of alkyl halides is 3. The molecule has 3 nitrogen and oxygen atoms in total. The Morgan fingerprint density at radius 1 is 1.20 bits per heavy atom. The van der Waals surface area contributed by atoms with Crippen LogP contribution < -0.4 is 5.43 Å². The fourth-order valence-electron chi connectivity index (χ4n) is 1.39. The van der Waals surface area contributed by atoms with Gasteiger partial charge in [-0.25, -0.2) is 4.98 Å². The zero-order valence-electron chi connectivity index (χ0n) is 10.0. The molecule has 0 radical (unpaired) electrons. The smallest absolute Gasteiger partial charge is 0.261 e. The van der Waals surface area contributed by atoms with Crippen LogP contribution in [0.1, 0.15) is 11.1 Å². The quantitative estimate of drug-likeness (QED) is 0.666. The van der Waals surface area contributed by atoms with Crippen molar-refractivity contribution in [1.29, 1.82) is 0 Å². The summed E-state index contributed by atoms with van der Waals surface area (Å²) < 4.78 is 37.9. The molecule has 20 heavy (non-hydrogen) atoms. The van der Waals surface area contributed by atoms with E-state index >= 15 is 0 Å². The molecule has 0 aliphatic carbocycles. The molecule has 0 saturated carbocycles. The standard InChI is InChI=1S/C13H9BrF3N3/c14-11-3-1-2-9(6-11)7-19-20-12-5-4-10(8-18-12)13(15,16)17/h1-8H,(H,18,20)/b19-7-. The van der Waals surface area contributed by atoms with Crippen molar-refractivity contribution in [3.05, 3.63) is 58.2 Å². The number of nitrogens with zero attached hydrogens (tertiary/aromatic N) is 2. The number of hydrogen-bond donors (Lipinski definition) is 1. The van der Waals surface area contributed by atoms with Gasteiger partial charge in [0, 0.05) is 10.7 Å². The van der Waals surface area contributed by atoms with E-state index in [1.165, 1.54) is 6.07 Å². The van der Waals surface area contributed by atoms with E-state index in [0.29, 0.717) is 0 Å². The Balaban J connectivity index is 2.01. The zero-order chi connectivity index (χ0) is 14.6. The molecule has 1 aromatic heterocycles. The highest BCUT2D eigenvalue weighted by Gasteiger charge is 2.30. The van der Waals surface area contributed by atoms with Gasteiger partial charge >= 0.3 is 6.18 Å². The van der Waals surface area contributed by atoms with E-state index < -0.39 is 11.7 Å². The number of benzene rings is 1. The van der Waals surface area contributed by atoms with Gasteiger partial charge in [0.05, 0.1) is 11.8 Å². The number of rotatable bonds is 3. The summed E-state index contributed by atoms with van der Waals surface area (Å²) in [7, 11) is 0. The third-order valence-electron chi connectivity index (χ3n) is 2.33. The van der Waals surface area contributed by atoms with Gasteiger partial charge < -0.3 is 0 Å². The second kappa shape index (κ2) is 6.04. The van der Waals surface area contributed by atoms with Crippen molar-refractivity contribution in [3.8, 4) is 0 Å². The third-order valence-corrected chi connectivity index (χ3v) is 2.83. The lowest BCUT2D eigenvalue weighted by Crippen LogP contribution is -2.05. The van der Waals surface area contributed by atoms with Crippen LogP contribution in [0.15, 0.2) is 52.2 Å². The second-order valence-corrected chi connectivity index (χ2v) is 4.77. The Bertz CT molecular complexity index is 609. The normalized spacial score (nSPS) is 11.8. The van der Waals surface area contributed by atoms with E-state index in [0.717, 1.165) is 22.3 Å². The number of halogens is 4. The SMILES string of the molecule is FC(F)(F)c1ccc(N/N=C\c2cccc(Br)c2)nc1. The van der Waals surface area contributed by atoms with E-state index in [-0.39, 0.29) is 5.82 Å². The monoisotopic (exact) mass is 343 g/mol. The van der Waals surface area contributed by atoms with E-state index in [1.54, 1.807) is 6.21 Å². The molecule has 0 saturated heterocycles. The maximum atomic E-state index is 12.3. The number of hydrogen-bond acceptors (Lipinski definition) is 3.